The topological polar surface area (TPSA) is 22.1 Å². The van der Waals surface area contributed by atoms with Gasteiger partial charge in [0.1, 0.15) is 0 Å². The van der Waals surface area contributed by atoms with E-state index in [0.717, 1.165) is 21.5 Å². The van der Waals surface area contributed by atoms with Gasteiger partial charge in [-0.3, -0.25) is 0 Å². The Hall–Kier alpha value is -1.28. The maximum atomic E-state index is 7.40. The highest BCUT2D eigenvalue weighted by molar-refractivity contribution is 14.1. The summed E-state index contributed by atoms with van der Waals surface area (Å²) in [6.45, 7) is 11.3. The SMILES string of the molecule is CC(=Cc1csc(C)n1)C(CCI)O[Si](c1ccccc1)(c1ccccc1)C(C)(C)C. The van der Waals surface area contributed by atoms with Crippen LogP contribution in [0.15, 0.2) is 71.6 Å². The molecule has 5 heteroatoms. The van der Waals surface area contributed by atoms with Gasteiger partial charge >= 0.3 is 0 Å². The molecule has 3 rings (SSSR count). The fourth-order valence-electron chi connectivity index (χ4n) is 4.16. The molecule has 1 atom stereocenters. The van der Waals surface area contributed by atoms with Crippen LogP contribution in [0.5, 0.6) is 0 Å². The van der Waals surface area contributed by atoms with Gasteiger partial charge in [0, 0.05) is 9.81 Å². The summed E-state index contributed by atoms with van der Waals surface area (Å²) in [5, 5.41) is 5.84. The maximum Gasteiger partial charge on any atom is 0.261 e. The van der Waals surface area contributed by atoms with Gasteiger partial charge in [0.15, 0.2) is 0 Å². The van der Waals surface area contributed by atoms with E-state index in [1.807, 2.05) is 0 Å². The van der Waals surface area contributed by atoms with E-state index >= 15 is 0 Å². The molecule has 164 valence electrons. The van der Waals surface area contributed by atoms with Crippen molar-refractivity contribution in [1.29, 1.82) is 0 Å². The Morgan fingerprint density at radius 3 is 2.03 bits per heavy atom. The molecule has 0 aliphatic carbocycles. The van der Waals surface area contributed by atoms with Gasteiger partial charge in [0.05, 0.1) is 16.8 Å². The van der Waals surface area contributed by atoms with Crippen LogP contribution >= 0.6 is 33.9 Å². The molecule has 0 saturated heterocycles. The summed E-state index contributed by atoms with van der Waals surface area (Å²) in [7, 11) is -2.59. The largest absolute Gasteiger partial charge is 0.401 e. The van der Waals surface area contributed by atoms with Gasteiger partial charge in [-0.2, -0.15) is 0 Å². The highest BCUT2D eigenvalue weighted by Crippen LogP contribution is 2.39. The minimum Gasteiger partial charge on any atom is -0.401 e. The van der Waals surface area contributed by atoms with Crippen LogP contribution in [-0.4, -0.2) is 23.8 Å². The first-order chi connectivity index (χ1) is 14.8. The van der Waals surface area contributed by atoms with Crippen molar-refractivity contribution in [2.24, 2.45) is 0 Å². The van der Waals surface area contributed by atoms with Crippen LogP contribution in [0.1, 0.15) is 44.8 Å². The number of aromatic nitrogens is 1. The smallest absolute Gasteiger partial charge is 0.261 e. The molecule has 0 aliphatic heterocycles. The van der Waals surface area contributed by atoms with Gasteiger partial charge in [-0.15, -0.1) is 11.3 Å². The van der Waals surface area contributed by atoms with Crippen LogP contribution in [0.4, 0.5) is 0 Å². The number of alkyl halides is 1. The van der Waals surface area contributed by atoms with Crippen LogP contribution in [0.3, 0.4) is 0 Å². The third-order valence-electron chi connectivity index (χ3n) is 5.63. The summed E-state index contributed by atoms with van der Waals surface area (Å²) in [6, 6.07) is 21.8. The van der Waals surface area contributed by atoms with Crippen molar-refractivity contribution in [3.63, 3.8) is 0 Å². The predicted molar refractivity (Wildman–Crippen MR) is 146 cm³/mol. The van der Waals surface area contributed by atoms with Gasteiger partial charge in [-0.05, 0) is 47.3 Å². The second kappa shape index (κ2) is 10.6. The molecule has 0 bridgehead atoms. The minimum absolute atomic E-state index is 0.0310. The summed E-state index contributed by atoms with van der Waals surface area (Å²) < 4.78 is 8.44. The van der Waals surface area contributed by atoms with Crippen LogP contribution in [0.2, 0.25) is 5.04 Å². The second-order valence-electron chi connectivity index (χ2n) is 8.93. The van der Waals surface area contributed by atoms with E-state index in [0.29, 0.717) is 0 Å². The number of hydrogen-bond acceptors (Lipinski definition) is 3. The van der Waals surface area contributed by atoms with E-state index in [2.05, 4.69) is 134 Å². The van der Waals surface area contributed by atoms with E-state index in [1.165, 1.54) is 15.9 Å². The number of hydrogen-bond donors (Lipinski definition) is 0. The minimum atomic E-state index is -2.59. The molecule has 0 spiro atoms. The zero-order valence-electron chi connectivity index (χ0n) is 19.1. The molecule has 0 saturated carbocycles. The summed E-state index contributed by atoms with van der Waals surface area (Å²) in [6.07, 6.45) is 3.24. The molecule has 0 N–H and O–H groups in total. The molecule has 3 aromatic rings. The fraction of sp³-hybridized carbons (Fsp3) is 0.346. The Labute approximate surface area is 206 Å². The van der Waals surface area contributed by atoms with Gasteiger partial charge in [0.25, 0.3) is 8.32 Å². The Morgan fingerprint density at radius 2 is 1.61 bits per heavy atom. The van der Waals surface area contributed by atoms with E-state index < -0.39 is 8.32 Å². The van der Waals surface area contributed by atoms with Crippen molar-refractivity contribution < 1.29 is 4.43 Å². The van der Waals surface area contributed by atoms with Crippen LogP contribution < -0.4 is 10.4 Å². The molecule has 1 aromatic heterocycles. The van der Waals surface area contributed by atoms with Crippen molar-refractivity contribution in [1.82, 2.24) is 4.98 Å². The molecule has 31 heavy (non-hydrogen) atoms. The van der Waals surface area contributed by atoms with E-state index in [-0.39, 0.29) is 11.1 Å². The predicted octanol–water partition coefficient (Wildman–Crippen LogP) is 6.63. The normalized spacial score (nSPS) is 13.9. The third kappa shape index (κ3) is 5.56. The van der Waals surface area contributed by atoms with Crippen molar-refractivity contribution in [2.75, 3.05) is 4.43 Å². The van der Waals surface area contributed by atoms with E-state index in [4.69, 9.17) is 4.43 Å². The van der Waals surface area contributed by atoms with Gasteiger partial charge < -0.3 is 4.43 Å². The highest BCUT2D eigenvalue weighted by Gasteiger charge is 2.51. The molecule has 0 aliphatic rings. The number of nitrogens with zero attached hydrogens (tertiary/aromatic N) is 1. The summed E-state index contributed by atoms with van der Waals surface area (Å²) >= 11 is 4.16. The lowest BCUT2D eigenvalue weighted by molar-refractivity contribution is 0.220. The highest BCUT2D eigenvalue weighted by atomic mass is 127. The second-order valence-corrected chi connectivity index (χ2v) is 15.3. The molecular formula is C26H32INOSSi. The molecule has 1 heterocycles. The molecule has 2 nitrogen and oxygen atoms in total. The average Bonchev–Trinajstić information content (AvgIpc) is 3.16. The van der Waals surface area contributed by atoms with Crippen molar-refractivity contribution in [3.8, 4) is 0 Å². The van der Waals surface area contributed by atoms with E-state index in [9.17, 15) is 0 Å². The molecule has 1 unspecified atom stereocenters. The first-order valence-corrected chi connectivity index (χ1v) is 15.0. The van der Waals surface area contributed by atoms with Crippen LogP contribution in [0.25, 0.3) is 6.08 Å². The fourth-order valence-corrected chi connectivity index (χ4v) is 10.0. The van der Waals surface area contributed by atoms with Crippen LogP contribution in [-0.2, 0) is 4.43 Å². The van der Waals surface area contributed by atoms with E-state index in [1.54, 1.807) is 11.3 Å². The summed E-state index contributed by atoms with van der Waals surface area (Å²) in [5.41, 5.74) is 2.28. The maximum absolute atomic E-state index is 7.40. The Morgan fingerprint density at radius 1 is 1.06 bits per heavy atom. The van der Waals surface area contributed by atoms with Gasteiger partial charge in [-0.1, -0.05) is 104 Å². The quantitative estimate of drug-likeness (QED) is 0.175. The Balaban J connectivity index is 2.15. The molecule has 2 aromatic carbocycles. The number of rotatable bonds is 8. The molecular weight excluding hydrogens is 529 g/mol. The lowest BCUT2D eigenvalue weighted by Gasteiger charge is -2.45. The zero-order valence-corrected chi connectivity index (χ0v) is 23.0. The molecule has 0 amide bonds. The lowest BCUT2D eigenvalue weighted by atomic mass is 10.1. The number of halogens is 1. The molecule has 0 fully saturated rings. The zero-order chi connectivity index (χ0) is 22.5. The summed E-state index contributed by atoms with van der Waals surface area (Å²) in [5.74, 6) is 0. The Kier molecular flexibility index (Phi) is 8.29. The first kappa shape index (κ1) is 24.4. The standard InChI is InChI=1S/C26H32INOSSi/c1-20(18-22-19-30-21(2)28-22)25(16-17-27)29-31(26(3,4)5,23-12-8-6-9-13-23)24-14-10-7-11-15-24/h6-15,18-19,25H,16-17H2,1-5H3. The molecule has 0 radical (unpaired) electrons. The van der Waals surface area contributed by atoms with Crippen LogP contribution in [0, 0.1) is 6.92 Å². The number of thiazole rings is 1. The number of benzene rings is 2. The third-order valence-corrected chi connectivity index (χ3v) is 12.1. The van der Waals surface area contributed by atoms with Crippen molar-refractivity contribution in [2.45, 2.75) is 52.2 Å². The average molecular weight is 562 g/mol. The van der Waals surface area contributed by atoms with Crippen molar-refractivity contribution in [3.05, 3.63) is 82.3 Å². The van der Waals surface area contributed by atoms with Gasteiger partial charge in [-0.25, -0.2) is 4.98 Å². The first-order valence-electron chi connectivity index (χ1n) is 10.7. The lowest BCUT2D eigenvalue weighted by Crippen LogP contribution is -2.67. The Bertz CT molecular complexity index is 956. The monoisotopic (exact) mass is 561 g/mol. The van der Waals surface area contributed by atoms with Crippen molar-refractivity contribution >= 4 is 58.7 Å². The number of aryl methyl sites for hydroxylation is 1. The summed E-state index contributed by atoms with van der Waals surface area (Å²) in [4.78, 5) is 4.65. The van der Waals surface area contributed by atoms with Gasteiger partial charge in [0.2, 0.25) is 0 Å².